The predicted octanol–water partition coefficient (Wildman–Crippen LogP) is 3.55. The Morgan fingerprint density at radius 2 is 2.19 bits per heavy atom. The highest BCUT2D eigenvalue weighted by Crippen LogP contribution is 2.31. The first-order valence-electron chi connectivity index (χ1n) is 9.42. The molecule has 6 heteroatoms. The van der Waals surface area contributed by atoms with Crippen LogP contribution in [0.15, 0.2) is 24.5 Å². The Balaban J connectivity index is 1.81. The number of imidazole rings is 1. The van der Waals surface area contributed by atoms with Crippen LogP contribution in [-0.4, -0.2) is 44.2 Å². The number of carbonyl (C=O) groups is 1. The van der Waals surface area contributed by atoms with Crippen molar-refractivity contribution in [3.05, 3.63) is 29.4 Å². The summed E-state index contributed by atoms with van der Waals surface area (Å²) in [5.74, 6) is 7.05. The summed E-state index contributed by atoms with van der Waals surface area (Å²) in [4.78, 5) is 20.9. The van der Waals surface area contributed by atoms with Crippen LogP contribution < -0.4 is 0 Å². The Kier molecular flexibility index (Phi) is 5.73. The number of piperidine rings is 1. The van der Waals surface area contributed by atoms with E-state index in [-0.39, 0.29) is 17.9 Å². The number of hydrogen-bond donors (Lipinski definition) is 1. The smallest absolute Gasteiger partial charge is 0.225 e. The summed E-state index contributed by atoms with van der Waals surface area (Å²) >= 11 is 1.57. The average molecular weight is 386 g/mol. The van der Waals surface area contributed by atoms with E-state index >= 15 is 0 Å². The Bertz CT molecular complexity index is 864. The van der Waals surface area contributed by atoms with Gasteiger partial charge in [0.15, 0.2) is 0 Å². The zero-order valence-corrected chi connectivity index (χ0v) is 17.2. The SMILES string of the molecule is CC(C)C(=O)N1CCC[C@H](n2ccnc2-c2ccc(C#CC(C)(C)O)s2)C1. The fraction of sp³-hybridized carbons (Fsp3) is 0.524. The van der Waals surface area contributed by atoms with E-state index in [2.05, 4.69) is 21.4 Å². The van der Waals surface area contributed by atoms with E-state index in [1.807, 2.05) is 43.3 Å². The molecule has 1 saturated heterocycles. The number of hydrogen-bond acceptors (Lipinski definition) is 4. The van der Waals surface area contributed by atoms with Crippen LogP contribution in [0.5, 0.6) is 0 Å². The molecule has 1 atom stereocenters. The quantitative estimate of drug-likeness (QED) is 0.822. The van der Waals surface area contributed by atoms with Crippen molar-refractivity contribution in [1.29, 1.82) is 0 Å². The molecule has 2 aromatic heterocycles. The molecule has 144 valence electrons. The molecule has 1 aliphatic rings. The second-order valence-corrected chi connectivity index (χ2v) is 8.95. The van der Waals surface area contributed by atoms with Crippen molar-refractivity contribution in [3.8, 4) is 22.5 Å². The highest BCUT2D eigenvalue weighted by atomic mass is 32.1. The number of aliphatic hydroxyl groups is 1. The molecule has 1 fully saturated rings. The van der Waals surface area contributed by atoms with E-state index in [0.717, 1.165) is 41.5 Å². The van der Waals surface area contributed by atoms with Crippen LogP contribution in [0, 0.1) is 17.8 Å². The highest BCUT2D eigenvalue weighted by Gasteiger charge is 2.27. The van der Waals surface area contributed by atoms with Gasteiger partial charge in [-0.05, 0) is 38.8 Å². The summed E-state index contributed by atoms with van der Waals surface area (Å²) in [5, 5.41) is 9.78. The van der Waals surface area contributed by atoms with E-state index in [1.165, 1.54) is 0 Å². The van der Waals surface area contributed by atoms with E-state index in [9.17, 15) is 9.90 Å². The first kappa shape index (κ1) is 19.7. The Morgan fingerprint density at radius 1 is 1.41 bits per heavy atom. The number of rotatable bonds is 3. The summed E-state index contributed by atoms with van der Waals surface area (Å²) < 4.78 is 2.19. The molecule has 0 spiro atoms. The molecule has 27 heavy (non-hydrogen) atoms. The maximum Gasteiger partial charge on any atom is 0.225 e. The van der Waals surface area contributed by atoms with Crippen LogP contribution in [0.3, 0.4) is 0 Å². The van der Waals surface area contributed by atoms with Gasteiger partial charge in [-0.2, -0.15) is 0 Å². The van der Waals surface area contributed by atoms with Crippen LogP contribution in [0.2, 0.25) is 0 Å². The Labute approximate surface area is 165 Å². The lowest BCUT2D eigenvalue weighted by molar-refractivity contribution is -0.136. The standard InChI is InChI=1S/C21H27N3O2S/c1-15(2)20(25)23-12-5-6-16(14-23)24-13-11-22-19(24)18-8-7-17(27-18)9-10-21(3,4)26/h7-8,11,13,15-16,26H,5-6,12,14H2,1-4H3/t16-/m0/s1. The van der Waals surface area contributed by atoms with Crippen LogP contribution in [0.4, 0.5) is 0 Å². The maximum atomic E-state index is 12.4. The fourth-order valence-corrected chi connectivity index (χ4v) is 4.15. The van der Waals surface area contributed by atoms with E-state index < -0.39 is 5.60 Å². The minimum atomic E-state index is -1.00. The van der Waals surface area contributed by atoms with Crippen LogP contribution in [0.1, 0.15) is 51.5 Å². The van der Waals surface area contributed by atoms with E-state index in [1.54, 1.807) is 25.2 Å². The van der Waals surface area contributed by atoms with E-state index in [4.69, 9.17) is 0 Å². The minimum absolute atomic E-state index is 0.0280. The molecule has 3 heterocycles. The first-order valence-corrected chi connectivity index (χ1v) is 10.2. The minimum Gasteiger partial charge on any atom is -0.378 e. The summed E-state index contributed by atoms with van der Waals surface area (Å²) in [5.41, 5.74) is -1.00. The highest BCUT2D eigenvalue weighted by molar-refractivity contribution is 7.15. The normalized spacial score (nSPS) is 17.7. The van der Waals surface area contributed by atoms with Gasteiger partial charge in [-0.3, -0.25) is 4.79 Å². The lowest BCUT2D eigenvalue weighted by Crippen LogP contribution is -2.42. The maximum absolute atomic E-state index is 12.4. The molecular formula is C21H27N3O2S. The monoisotopic (exact) mass is 385 g/mol. The number of carbonyl (C=O) groups excluding carboxylic acids is 1. The first-order chi connectivity index (χ1) is 12.7. The summed E-state index contributed by atoms with van der Waals surface area (Å²) in [7, 11) is 0. The van der Waals surface area contributed by atoms with Crippen molar-refractivity contribution in [2.75, 3.05) is 13.1 Å². The van der Waals surface area contributed by atoms with Crippen molar-refractivity contribution < 1.29 is 9.90 Å². The Morgan fingerprint density at radius 3 is 2.89 bits per heavy atom. The zero-order chi connectivity index (χ0) is 19.6. The third kappa shape index (κ3) is 4.79. The molecule has 2 aromatic rings. The largest absolute Gasteiger partial charge is 0.378 e. The van der Waals surface area contributed by atoms with Crippen molar-refractivity contribution >= 4 is 17.2 Å². The molecule has 0 aromatic carbocycles. The van der Waals surface area contributed by atoms with Crippen molar-refractivity contribution in [1.82, 2.24) is 14.5 Å². The van der Waals surface area contributed by atoms with Crippen molar-refractivity contribution in [2.45, 2.75) is 52.2 Å². The van der Waals surface area contributed by atoms with Crippen molar-refractivity contribution in [3.63, 3.8) is 0 Å². The number of aromatic nitrogens is 2. The molecule has 0 saturated carbocycles. The third-order valence-electron chi connectivity index (χ3n) is 4.58. The van der Waals surface area contributed by atoms with Gasteiger partial charge in [-0.1, -0.05) is 25.7 Å². The zero-order valence-electron chi connectivity index (χ0n) is 16.4. The molecule has 3 rings (SSSR count). The van der Waals surface area contributed by atoms with Crippen LogP contribution in [0.25, 0.3) is 10.7 Å². The van der Waals surface area contributed by atoms with Crippen molar-refractivity contribution in [2.24, 2.45) is 5.92 Å². The molecule has 1 amide bonds. The number of amides is 1. The van der Waals surface area contributed by atoms with Gasteiger partial charge in [-0.25, -0.2) is 4.98 Å². The van der Waals surface area contributed by atoms with Crippen LogP contribution in [-0.2, 0) is 4.79 Å². The van der Waals surface area contributed by atoms with Gasteiger partial charge in [0, 0.05) is 31.4 Å². The van der Waals surface area contributed by atoms with Gasteiger partial charge in [0.2, 0.25) is 5.91 Å². The van der Waals surface area contributed by atoms with Gasteiger partial charge >= 0.3 is 0 Å². The second kappa shape index (κ2) is 7.87. The van der Waals surface area contributed by atoms with Gasteiger partial charge in [0.05, 0.1) is 15.8 Å². The topological polar surface area (TPSA) is 58.4 Å². The second-order valence-electron chi connectivity index (χ2n) is 7.87. The van der Waals surface area contributed by atoms with Gasteiger partial charge in [0.25, 0.3) is 0 Å². The molecule has 0 bridgehead atoms. The lowest BCUT2D eigenvalue weighted by atomic mass is 10.0. The molecule has 1 N–H and O–H groups in total. The van der Waals surface area contributed by atoms with Gasteiger partial charge < -0.3 is 14.6 Å². The summed E-state index contributed by atoms with van der Waals surface area (Å²) in [6.07, 6.45) is 5.88. The Hall–Kier alpha value is -2.10. The number of nitrogens with zero attached hydrogens (tertiary/aromatic N) is 3. The molecule has 1 aliphatic heterocycles. The average Bonchev–Trinajstić information content (AvgIpc) is 3.27. The number of thiophene rings is 1. The molecule has 0 unspecified atom stereocenters. The van der Waals surface area contributed by atoms with Gasteiger partial charge in [0.1, 0.15) is 11.4 Å². The molecule has 0 aliphatic carbocycles. The van der Waals surface area contributed by atoms with Gasteiger partial charge in [-0.15, -0.1) is 11.3 Å². The summed E-state index contributed by atoms with van der Waals surface area (Å²) in [6, 6.07) is 4.23. The molecular weight excluding hydrogens is 358 g/mol. The third-order valence-corrected chi connectivity index (χ3v) is 5.58. The van der Waals surface area contributed by atoms with E-state index in [0.29, 0.717) is 0 Å². The fourth-order valence-electron chi connectivity index (χ4n) is 3.29. The lowest BCUT2D eigenvalue weighted by Gasteiger charge is -2.35. The number of likely N-dealkylation sites (tertiary alicyclic amines) is 1. The molecule has 0 radical (unpaired) electrons. The predicted molar refractivity (Wildman–Crippen MR) is 108 cm³/mol. The molecule has 5 nitrogen and oxygen atoms in total. The van der Waals surface area contributed by atoms with Crippen LogP contribution >= 0.6 is 11.3 Å². The summed E-state index contributed by atoms with van der Waals surface area (Å²) in [6.45, 7) is 8.83.